The zero-order chi connectivity index (χ0) is 20.9. The van der Waals surface area contributed by atoms with Gasteiger partial charge in [-0.15, -0.1) is 0 Å². The quantitative estimate of drug-likeness (QED) is 0.754. The Hall–Kier alpha value is -2.60. The molecule has 7 rings (SSSR count). The van der Waals surface area contributed by atoms with Crippen LogP contribution in [0, 0.1) is 11.8 Å². The lowest BCUT2D eigenvalue weighted by atomic mass is 9.82. The fourth-order valence-corrected chi connectivity index (χ4v) is 6.23. The summed E-state index contributed by atoms with van der Waals surface area (Å²) < 4.78 is 5.28. The Morgan fingerprint density at radius 3 is 2.65 bits per heavy atom. The first-order valence-corrected chi connectivity index (χ1v) is 11.6. The number of hydrogen-bond donors (Lipinski definition) is 0. The smallest absolute Gasteiger partial charge is 0.250 e. The van der Waals surface area contributed by atoms with Gasteiger partial charge in [-0.05, 0) is 67.6 Å². The Morgan fingerprint density at radius 2 is 1.94 bits per heavy atom. The van der Waals surface area contributed by atoms with Gasteiger partial charge in [-0.25, -0.2) is 0 Å². The van der Waals surface area contributed by atoms with E-state index in [9.17, 15) is 4.79 Å². The summed E-state index contributed by atoms with van der Waals surface area (Å²) in [5.41, 5.74) is 3.52. The number of aliphatic imine (C=N–C) groups is 1. The topological polar surface area (TPSA) is 48.4 Å². The van der Waals surface area contributed by atoms with E-state index < -0.39 is 0 Å². The molecule has 6 aliphatic rings. The van der Waals surface area contributed by atoms with Crippen LogP contribution < -0.4 is 4.74 Å². The maximum absolute atomic E-state index is 13.7. The fourth-order valence-electron chi connectivity index (χ4n) is 6.23. The van der Waals surface area contributed by atoms with Crippen molar-refractivity contribution in [3.63, 3.8) is 0 Å². The van der Waals surface area contributed by atoms with Gasteiger partial charge in [0.05, 0.1) is 13.0 Å². The molecular formula is C25H30N4O2. The number of ether oxygens (including phenoxy) is 1. The van der Waals surface area contributed by atoms with E-state index in [1.165, 1.54) is 37.1 Å². The molecule has 0 spiro atoms. The van der Waals surface area contributed by atoms with Crippen LogP contribution in [-0.4, -0.2) is 72.3 Å². The van der Waals surface area contributed by atoms with E-state index in [0.717, 1.165) is 37.4 Å². The average molecular weight is 419 g/mol. The average Bonchev–Trinajstić information content (AvgIpc) is 3.10. The summed E-state index contributed by atoms with van der Waals surface area (Å²) in [6.07, 6.45) is 9.53. The van der Waals surface area contributed by atoms with E-state index in [4.69, 9.17) is 9.73 Å². The standard InChI is InChI=1S/C25H30N4O2/c1-31-20-4-2-17(3-5-20)14-28-15-19-9-13-29(22-16-27-11-7-18(22)8-12-27)25(30)21-6-10-26-24(28)23(19)21/h2-6,10,15,18,22-24H,7-9,11-14,16H2,1H3. The SMILES string of the molecule is COc1ccc(CN2C=C3CCN(C4CN5CCC4CC5)C(=O)C4=CC=NC2C34)cc1. The molecule has 0 N–H and O–H groups in total. The number of nitrogens with zero attached hydrogens (tertiary/aromatic N) is 4. The number of fused-ring (bicyclic) bond motifs is 3. The Bertz CT molecular complexity index is 958. The van der Waals surface area contributed by atoms with Gasteiger partial charge in [-0.1, -0.05) is 12.1 Å². The molecule has 1 aromatic carbocycles. The van der Waals surface area contributed by atoms with E-state index in [0.29, 0.717) is 12.0 Å². The van der Waals surface area contributed by atoms with Gasteiger partial charge in [0.15, 0.2) is 0 Å². The van der Waals surface area contributed by atoms with E-state index in [1.54, 1.807) is 7.11 Å². The van der Waals surface area contributed by atoms with Crippen LogP contribution in [0.3, 0.4) is 0 Å². The van der Waals surface area contributed by atoms with Crippen molar-refractivity contribution in [2.45, 2.75) is 38.0 Å². The molecule has 6 heterocycles. The highest BCUT2D eigenvalue weighted by Gasteiger charge is 2.47. The molecule has 0 aliphatic carbocycles. The number of likely N-dealkylation sites (tertiary alicyclic amines) is 1. The highest BCUT2D eigenvalue weighted by atomic mass is 16.5. The molecule has 2 bridgehead atoms. The summed E-state index contributed by atoms with van der Waals surface area (Å²) in [7, 11) is 1.69. The molecule has 3 unspecified atom stereocenters. The number of amides is 1. The normalized spacial score (nSPS) is 33.7. The second kappa shape index (κ2) is 7.52. The molecule has 4 fully saturated rings. The van der Waals surface area contributed by atoms with Gasteiger partial charge in [-0.3, -0.25) is 9.79 Å². The third-order valence-electron chi connectivity index (χ3n) is 7.89. The number of carbonyl (C=O) groups excluding carboxylic acids is 1. The maximum Gasteiger partial charge on any atom is 0.250 e. The minimum Gasteiger partial charge on any atom is -0.497 e. The molecule has 3 atom stereocenters. The number of rotatable bonds is 4. The molecule has 4 saturated heterocycles. The Labute approximate surface area is 183 Å². The summed E-state index contributed by atoms with van der Waals surface area (Å²) >= 11 is 0. The molecule has 6 heteroatoms. The van der Waals surface area contributed by atoms with Gasteiger partial charge in [0, 0.05) is 43.7 Å². The van der Waals surface area contributed by atoms with E-state index in [1.807, 2.05) is 24.4 Å². The highest BCUT2D eigenvalue weighted by Crippen LogP contribution is 2.43. The summed E-state index contributed by atoms with van der Waals surface area (Å²) in [6.45, 7) is 5.07. The Morgan fingerprint density at radius 1 is 1.13 bits per heavy atom. The molecule has 6 aliphatic heterocycles. The molecule has 1 aromatic rings. The van der Waals surface area contributed by atoms with E-state index >= 15 is 0 Å². The molecule has 1 amide bonds. The molecule has 0 aromatic heterocycles. The zero-order valence-electron chi connectivity index (χ0n) is 18.1. The van der Waals surface area contributed by atoms with Gasteiger partial charge in [0.1, 0.15) is 11.9 Å². The molecule has 162 valence electrons. The molecule has 31 heavy (non-hydrogen) atoms. The zero-order valence-corrected chi connectivity index (χ0v) is 18.1. The number of benzene rings is 1. The summed E-state index contributed by atoms with van der Waals surface area (Å²) in [6, 6.07) is 8.59. The first kappa shape index (κ1) is 19.1. The summed E-state index contributed by atoms with van der Waals surface area (Å²) in [5, 5.41) is 0. The van der Waals surface area contributed by atoms with Crippen molar-refractivity contribution < 1.29 is 9.53 Å². The van der Waals surface area contributed by atoms with Gasteiger partial charge >= 0.3 is 0 Å². The fraction of sp³-hybridized carbons (Fsp3) is 0.520. The predicted octanol–water partition coefficient (Wildman–Crippen LogP) is 2.67. The van der Waals surface area contributed by atoms with Crippen LogP contribution in [0.15, 0.2) is 52.7 Å². The third-order valence-corrected chi connectivity index (χ3v) is 7.89. The number of dihydropyridines is 1. The lowest BCUT2D eigenvalue weighted by Crippen LogP contribution is -2.59. The van der Waals surface area contributed by atoms with Crippen molar-refractivity contribution in [3.8, 4) is 5.75 Å². The highest BCUT2D eigenvalue weighted by molar-refractivity contribution is 6.00. The first-order valence-electron chi connectivity index (χ1n) is 11.6. The predicted molar refractivity (Wildman–Crippen MR) is 120 cm³/mol. The summed E-state index contributed by atoms with van der Waals surface area (Å²) in [5.74, 6) is 1.88. The molecular weight excluding hydrogens is 388 g/mol. The van der Waals surface area contributed by atoms with E-state index in [-0.39, 0.29) is 18.0 Å². The lowest BCUT2D eigenvalue weighted by molar-refractivity contribution is -0.133. The van der Waals surface area contributed by atoms with Crippen molar-refractivity contribution in [2.75, 3.05) is 33.3 Å². The van der Waals surface area contributed by atoms with Crippen LogP contribution in [-0.2, 0) is 11.3 Å². The summed E-state index contributed by atoms with van der Waals surface area (Å²) in [4.78, 5) is 25.6. The van der Waals surface area contributed by atoms with Crippen molar-refractivity contribution in [2.24, 2.45) is 16.8 Å². The lowest BCUT2D eigenvalue weighted by Gasteiger charge is -2.49. The molecule has 6 nitrogen and oxygen atoms in total. The number of piperidine rings is 3. The van der Waals surface area contributed by atoms with Crippen LogP contribution in [0.2, 0.25) is 0 Å². The molecule has 0 radical (unpaired) electrons. The van der Waals surface area contributed by atoms with Crippen molar-refractivity contribution in [3.05, 3.63) is 53.3 Å². The van der Waals surface area contributed by atoms with Gasteiger partial charge < -0.3 is 19.4 Å². The van der Waals surface area contributed by atoms with Gasteiger partial charge in [0.25, 0.3) is 5.91 Å². The monoisotopic (exact) mass is 418 g/mol. The number of hydrogen-bond acceptors (Lipinski definition) is 5. The van der Waals surface area contributed by atoms with Crippen LogP contribution in [0.5, 0.6) is 5.75 Å². The largest absolute Gasteiger partial charge is 0.497 e. The minimum atomic E-state index is -0.00689. The second-order valence-corrected chi connectivity index (χ2v) is 9.49. The van der Waals surface area contributed by atoms with Crippen molar-refractivity contribution >= 4 is 12.1 Å². The number of carbonyl (C=O) groups is 1. The van der Waals surface area contributed by atoms with Crippen molar-refractivity contribution in [1.82, 2.24) is 14.7 Å². The van der Waals surface area contributed by atoms with Crippen LogP contribution >= 0.6 is 0 Å². The van der Waals surface area contributed by atoms with E-state index in [2.05, 4.69) is 33.0 Å². The molecule has 0 saturated carbocycles. The van der Waals surface area contributed by atoms with Gasteiger partial charge in [-0.2, -0.15) is 0 Å². The number of allylic oxidation sites excluding steroid dienone is 1. The number of methoxy groups -OCH3 is 1. The Kier molecular flexibility index (Phi) is 4.64. The Balaban J connectivity index is 1.25. The second-order valence-electron chi connectivity index (χ2n) is 9.49. The van der Waals surface area contributed by atoms with Crippen LogP contribution in [0.4, 0.5) is 0 Å². The van der Waals surface area contributed by atoms with Crippen LogP contribution in [0.1, 0.15) is 24.8 Å². The van der Waals surface area contributed by atoms with Crippen LogP contribution in [0.25, 0.3) is 0 Å². The minimum absolute atomic E-state index is 0.00689. The first-order chi connectivity index (χ1) is 15.2. The maximum atomic E-state index is 13.7. The van der Waals surface area contributed by atoms with Crippen molar-refractivity contribution in [1.29, 1.82) is 0 Å². The third kappa shape index (κ3) is 3.19. The van der Waals surface area contributed by atoms with Gasteiger partial charge in [0.2, 0.25) is 0 Å².